The van der Waals surface area contributed by atoms with E-state index in [4.69, 9.17) is 17.0 Å². The van der Waals surface area contributed by atoms with Gasteiger partial charge in [-0.2, -0.15) is 0 Å². The van der Waals surface area contributed by atoms with Gasteiger partial charge >= 0.3 is 0 Å². The summed E-state index contributed by atoms with van der Waals surface area (Å²) >= 11 is 5.81. The lowest BCUT2D eigenvalue weighted by Gasteiger charge is -2.56. The Morgan fingerprint density at radius 2 is 1.96 bits per heavy atom. The van der Waals surface area contributed by atoms with Gasteiger partial charge in [0.05, 0.1) is 6.04 Å². The average molecular weight is 336 g/mol. The number of nitrogens with one attached hydrogen (secondary N) is 1. The van der Waals surface area contributed by atoms with E-state index in [2.05, 4.69) is 65.7 Å². The maximum absolute atomic E-state index is 6.71. The first-order valence-electron chi connectivity index (χ1n) is 8.65. The fourth-order valence-electron chi connectivity index (χ4n) is 4.78. The molecule has 24 heavy (non-hydrogen) atoms. The lowest BCUT2D eigenvalue weighted by atomic mass is 9.80. The van der Waals surface area contributed by atoms with Crippen molar-refractivity contribution in [3.63, 3.8) is 0 Å². The summed E-state index contributed by atoms with van der Waals surface area (Å²) in [6.07, 6.45) is 3.34. The molecule has 0 aromatic heterocycles. The zero-order valence-corrected chi connectivity index (χ0v) is 14.5. The number of hydrogen-bond acceptors (Lipinski definition) is 2. The number of thiocarbonyl (C=S) groups is 1. The minimum absolute atomic E-state index is 0.255. The van der Waals surface area contributed by atoms with Crippen LogP contribution in [0.5, 0.6) is 5.75 Å². The number of para-hydroxylation sites is 2. The zero-order chi connectivity index (χ0) is 16.3. The molecule has 1 saturated carbocycles. The van der Waals surface area contributed by atoms with Crippen molar-refractivity contribution in [1.82, 2.24) is 5.32 Å². The summed E-state index contributed by atoms with van der Waals surface area (Å²) in [7, 11) is 0. The van der Waals surface area contributed by atoms with E-state index in [1.54, 1.807) is 0 Å². The molecule has 2 fully saturated rings. The number of rotatable bonds is 1. The van der Waals surface area contributed by atoms with Crippen molar-refractivity contribution in [3.05, 3.63) is 59.7 Å². The van der Waals surface area contributed by atoms with Gasteiger partial charge in [0.2, 0.25) is 0 Å². The Bertz CT molecular complexity index is 836. The molecule has 1 saturated heterocycles. The molecule has 5 rings (SSSR count). The second-order valence-corrected chi connectivity index (χ2v) is 7.42. The maximum atomic E-state index is 6.71. The van der Waals surface area contributed by atoms with Gasteiger partial charge in [0.15, 0.2) is 10.8 Å². The monoisotopic (exact) mass is 336 g/mol. The molecule has 2 aliphatic heterocycles. The van der Waals surface area contributed by atoms with E-state index in [0.717, 1.165) is 29.4 Å². The summed E-state index contributed by atoms with van der Waals surface area (Å²) in [5.41, 5.74) is 3.27. The minimum atomic E-state index is -0.354. The molecule has 3 atom stereocenters. The molecule has 3 nitrogen and oxygen atoms in total. The third kappa shape index (κ3) is 1.75. The molecule has 1 aliphatic carbocycles. The number of fused-ring (bicyclic) bond motifs is 2. The third-order valence-corrected chi connectivity index (χ3v) is 6.09. The van der Waals surface area contributed by atoms with E-state index >= 15 is 0 Å². The quantitative estimate of drug-likeness (QED) is 0.784. The number of nitrogens with zero attached hydrogens (tertiary/aromatic N) is 1. The molecule has 0 spiro atoms. The second kappa shape index (κ2) is 4.96. The highest BCUT2D eigenvalue weighted by Gasteiger charge is 2.60. The van der Waals surface area contributed by atoms with Gasteiger partial charge < -0.3 is 10.1 Å². The van der Waals surface area contributed by atoms with Gasteiger partial charge in [-0.1, -0.05) is 36.4 Å². The van der Waals surface area contributed by atoms with Crippen molar-refractivity contribution < 1.29 is 4.74 Å². The summed E-state index contributed by atoms with van der Waals surface area (Å²) in [6.45, 7) is 2.14. The van der Waals surface area contributed by atoms with Crippen LogP contribution < -0.4 is 15.0 Å². The Morgan fingerprint density at radius 3 is 2.83 bits per heavy atom. The van der Waals surface area contributed by atoms with Gasteiger partial charge in [0.1, 0.15) is 5.75 Å². The molecule has 122 valence electrons. The van der Waals surface area contributed by atoms with Crippen LogP contribution in [0.25, 0.3) is 0 Å². The van der Waals surface area contributed by atoms with Gasteiger partial charge in [0, 0.05) is 23.6 Å². The second-order valence-electron chi connectivity index (χ2n) is 7.03. The number of anilines is 1. The molecule has 2 bridgehead atoms. The highest BCUT2D eigenvalue weighted by atomic mass is 32.1. The summed E-state index contributed by atoms with van der Waals surface area (Å²) in [5, 5.41) is 4.40. The molecule has 2 aromatic carbocycles. The third-order valence-electron chi connectivity index (χ3n) is 5.79. The van der Waals surface area contributed by atoms with E-state index < -0.39 is 0 Å². The van der Waals surface area contributed by atoms with E-state index in [1.807, 2.05) is 0 Å². The van der Waals surface area contributed by atoms with Crippen LogP contribution in [-0.4, -0.2) is 10.8 Å². The van der Waals surface area contributed by atoms with E-state index in [1.165, 1.54) is 17.5 Å². The lowest BCUT2D eigenvalue weighted by molar-refractivity contribution is -0.00512. The highest BCUT2D eigenvalue weighted by molar-refractivity contribution is 7.80. The molecule has 3 aliphatic rings. The van der Waals surface area contributed by atoms with Crippen molar-refractivity contribution in [1.29, 1.82) is 0 Å². The van der Waals surface area contributed by atoms with Crippen molar-refractivity contribution in [3.8, 4) is 5.75 Å². The largest absolute Gasteiger partial charge is 0.467 e. The van der Waals surface area contributed by atoms with Crippen LogP contribution in [0.4, 0.5) is 5.69 Å². The van der Waals surface area contributed by atoms with Gasteiger partial charge in [-0.25, -0.2) is 0 Å². The molecular weight excluding hydrogens is 316 g/mol. The first kappa shape index (κ1) is 14.3. The maximum Gasteiger partial charge on any atom is 0.194 e. The van der Waals surface area contributed by atoms with Crippen LogP contribution in [0, 0.1) is 12.8 Å². The van der Waals surface area contributed by atoms with Crippen molar-refractivity contribution >= 4 is 23.0 Å². The number of benzene rings is 2. The van der Waals surface area contributed by atoms with Gasteiger partial charge in [-0.15, -0.1) is 0 Å². The van der Waals surface area contributed by atoms with Gasteiger partial charge in [0.25, 0.3) is 0 Å². The Hall–Kier alpha value is -2.07. The topological polar surface area (TPSA) is 24.5 Å². The van der Waals surface area contributed by atoms with Gasteiger partial charge in [-0.05, 0) is 49.7 Å². The number of aryl methyl sites for hydroxylation is 1. The Labute approximate surface area is 147 Å². The van der Waals surface area contributed by atoms with Crippen LogP contribution >= 0.6 is 12.2 Å². The zero-order valence-electron chi connectivity index (χ0n) is 13.7. The fourth-order valence-corrected chi connectivity index (χ4v) is 5.16. The van der Waals surface area contributed by atoms with Crippen molar-refractivity contribution in [2.75, 3.05) is 4.90 Å². The van der Waals surface area contributed by atoms with E-state index in [0.29, 0.717) is 5.92 Å². The average Bonchev–Trinajstić information content (AvgIpc) is 3.01. The highest BCUT2D eigenvalue weighted by Crippen LogP contribution is 2.56. The molecule has 2 aromatic rings. The molecule has 0 amide bonds. The summed E-state index contributed by atoms with van der Waals surface area (Å²) in [5.74, 6) is 1.41. The molecule has 2 heterocycles. The van der Waals surface area contributed by atoms with Crippen LogP contribution in [0.2, 0.25) is 0 Å². The Morgan fingerprint density at radius 1 is 1.17 bits per heavy atom. The fraction of sp³-hybridized carbons (Fsp3) is 0.350. The lowest BCUT2D eigenvalue weighted by Crippen LogP contribution is -2.69. The predicted molar refractivity (Wildman–Crippen MR) is 99.3 cm³/mol. The number of hydrogen-bond donors (Lipinski definition) is 1. The van der Waals surface area contributed by atoms with Crippen LogP contribution in [-0.2, 0) is 0 Å². The molecule has 3 unspecified atom stereocenters. The number of ether oxygens (including phenoxy) is 1. The van der Waals surface area contributed by atoms with Crippen molar-refractivity contribution in [2.24, 2.45) is 5.92 Å². The summed E-state index contributed by atoms with van der Waals surface area (Å²) < 4.78 is 6.71. The SMILES string of the molecule is Cc1ccccc1N1C(=S)NC2c3ccccc3OC13CCCC23. The smallest absolute Gasteiger partial charge is 0.194 e. The Kier molecular flexibility index (Phi) is 2.95. The molecular formula is C20H20N2OS. The Balaban J connectivity index is 1.72. The first-order chi connectivity index (χ1) is 11.7. The predicted octanol–water partition coefficient (Wildman–Crippen LogP) is 4.32. The van der Waals surface area contributed by atoms with Crippen LogP contribution in [0.1, 0.15) is 36.4 Å². The first-order valence-corrected chi connectivity index (χ1v) is 9.06. The summed E-state index contributed by atoms with van der Waals surface area (Å²) in [6, 6.07) is 17.1. The van der Waals surface area contributed by atoms with E-state index in [-0.39, 0.29) is 11.8 Å². The summed E-state index contributed by atoms with van der Waals surface area (Å²) in [4.78, 5) is 2.25. The normalized spacial score (nSPS) is 30.2. The van der Waals surface area contributed by atoms with Crippen LogP contribution in [0.3, 0.4) is 0 Å². The minimum Gasteiger partial charge on any atom is -0.467 e. The van der Waals surface area contributed by atoms with Gasteiger partial charge in [-0.3, -0.25) is 4.90 Å². The van der Waals surface area contributed by atoms with Crippen molar-refractivity contribution in [2.45, 2.75) is 38.0 Å². The molecule has 1 N–H and O–H groups in total. The van der Waals surface area contributed by atoms with E-state index in [9.17, 15) is 0 Å². The molecule has 0 radical (unpaired) electrons. The molecule has 4 heteroatoms. The standard InChI is InChI=1S/C20H20N2OS/c1-13-7-2-4-10-16(13)22-19(24)21-18-14-8-3-5-11-17(14)23-20(22)12-6-9-15(18)20/h2-5,7-8,10-11,15,18H,6,9,12H2,1H3,(H,21,24). The van der Waals surface area contributed by atoms with Crippen LogP contribution in [0.15, 0.2) is 48.5 Å².